The number of nitrogen functional groups attached to an aromatic ring is 1. The number of esters is 1. The molecule has 0 saturated carbocycles. The summed E-state index contributed by atoms with van der Waals surface area (Å²) < 4.78 is 19.9. The summed E-state index contributed by atoms with van der Waals surface area (Å²) in [4.78, 5) is 11.2. The lowest BCUT2D eigenvalue weighted by atomic mass is 10.2. The molecule has 0 aliphatic rings. The second kappa shape index (κ2) is 7.77. The van der Waals surface area contributed by atoms with E-state index in [1.807, 2.05) is 0 Å². The Labute approximate surface area is 142 Å². The van der Waals surface area contributed by atoms with Crippen molar-refractivity contribution in [2.45, 2.75) is 6.92 Å². The van der Waals surface area contributed by atoms with Crippen LogP contribution in [0.1, 0.15) is 18.2 Å². The van der Waals surface area contributed by atoms with Crippen LogP contribution in [0.4, 0.5) is 5.82 Å². The molecule has 25 heavy (non-hydrogen) atoms. The monoisotopic (exact) mass is 348 g/mol. The zero-order valence-corrected chi connectivity index (χ0v) is 13.7. The highest BCUT2D eigenvalue weighted by Gasteiger charge is 2.15. The number of hydrogen-bond donors (Lipinski definition) is 2. The summed E-state index contributed by atoms with van der Waals surface area (Å²) >= 11 is 0. The van der Waals surface area contributed by atoms with Gasteiger partial charge in [0.1, 0.15) is 0 Å². The Morgan fingerprint density at radius 1 is 1.24 bits per heavy atom. The zero-order valence-electron chi connectivity index (χ0n) is 13.7. The highest BCUT2D eigenvalue weighted by molar-refractivity contribution is 5.99. The lowest BCUT2D eigenvalue weighted by Gasteiger charge is -2.13. The molecule has 1 aromatic heterocycles. The highest BCUT2D eigenvalue weighted by atomic mass is 16.6. The summed E-state index contributed by atoms with van der Waals surface area (Å²) in [5, 5.41) is 14.5. The van der Waals surface area contributed by atoms with E-state index in [9.17, 15) is 4.79 Å². The van der Waals surface area contributed by atoms with Crippen molar-refractivity contribution in [1.29, 1.82) is 0 Å². The molecular weight excluding hydrogens is 332 g/mol. The van der Waals surface area contributed by atoms with Gasteiger partial charge in [0.15, 0.2) is 28.8 Å². The minimum atomic E-state index is -0.505. The van der Waals surface area contributed by atoms with Crippen LogP contribution < -0.4 is 25.7 Å². The van der Waals surface area contributed by atoms with Crippen LogP contribution in [0.15, 0.2) is 27.0 Å². The average Bonchev–Trinajstić information content (AvgIpc) is 3.01. The SMILES string of the molecule is COc1cc(C=N/N=C(/N)c2nonc2N)cc(OC)c1OC(C)=O. The Bertz CT molecular complexity index is 804. The van der Waals surface area contributed by atoms with Crippen LogP contribution >= 0.6 is 0 Å². The van der Waals surface area contributed by atoms with E-state index in [1.165, 1.54) is 27.4 Å². The Hall–Kier alpha value is -3.63. The third-order valence-electron chi connectivity index (χ3n) is 2.86. The topological polar surface area (TPSA) is 160 Å². The fourth-order valence-corrected chi connectivity index (χ4v) is 1.80. The molecule has 11 heteroatoms. The molecule has 4 N–H and O–H groups in total. The largest absolute Gasteiger partial charge is 0.493 e. The van der Waals surface area contributed by atoms with Crippen LogP contribution in [0.3, 0.4) is 0 Å². The van der Waals surface area contributed by atoms with Crippen LogP contribution in [0, 0.1) is 0 Å². The summed E-state index contributed by atoms with van der Waals surface area (Å²) in [5.74, 6) is 0.181. The lowest BCUT2D eigenvalue weighted by Crippen LogP contribution is -2.15. The number of anilines is 1. The second-order valence-electron chi connectivity index (χ2n) is 4.58. The number of methoxy groups -OCH3 is 2. The van der Waals surface area contributed by atoms with Gasteiger partial charge in [-0.05, 0) is 22.4 Å². The van der Waals surface area contributed by atoms with Gasteiger partial charge >= 0.3 is 5.97 Å². The Morgan fingerprint density at radius 3 is 2.36 bits per heavy atom. The number of hydrogen-bond acceptors (Lipinski definition) is 10. The summed E-state index contributed by atoms with van der Waals surface area (Å²) in [7, 11) is 2.86. The van der Waals surface area contributed by atoms with Gasteiger partial charge in [0.25, 0.3) is 0 Å². The molecule has 0 unspecified atom stereocenters. The summed E-state index contributed by atoms with van der Waals surface area (Å²) in [6.07, 6.45) is 1.39. The third-order valence-corrected chi connectivity index (χ3v) is 2.86. The standard InChI is InChI=1S/C14H16N6O5/c1-7(21)24-12-9(22-2)4-8(5-10(12)23-3)6-17-18-13(15)11-14(16)20-25-19-11/h4-6H,1-3H3,(H2,15,18)(H2,16,20). The van der Waals surface area contributed by atoms with Gasteiger partial charge in [-0.15, -0.1) is 5.10 Å². The maximum absolute atomic E-state index is 11.2. The predicted octanol–water partition coefficient (Wildman–Crippen LogP) is 0.334. The summed E-state index contributed by atoms with van der Waals surface area (Å²) in [6, 6.07) is 3.17. The fourth-order valence-electron chi connectivity index (χ4n) is 1.80. The molecule has 0 aliphatic heterocycles. The number of rotatable bonds is 6. The van der Waals surface area contributed by atoms with Gasteiger partial charge in [-0.1, -0.05) is 0 Å². The minimum absolute atomic E-state index is 0.00511. The number of ether oxygens (including phenoxy) is 3. The van der Waals surface area contributed by atoms with E-state index >= 15 is 0 Å². The number of carbonyl (C=O) groups excluding carboxylic acids is 1. The molecule has 0 amide bonds. The maximum Gasteiger partial charge on any atom is 0.308 e. The van der Waals surface area contributed by atoms with Crippen molar-refractivity contribution in [3.63, 3.8) is 0 Å². The zero-order chi connectivity index (χ0) is 18.4. The van der Waals surface area contributed by atoms with Gasteiger partial charge < -0.3 is 25.7 Å². The fraction of sp³-hybridized carbons (Fsp3) is 0.214. The van der Waals surface area contributed by atoms with E-state index in [0.717, 1.165) is 0 Å². The Morgan fingerprint density at radius 2 is 1.88 bits per heavy atom. The quantitative estimate of drug-likeness (QED) is 0.246. The molecule has 132 valence electrons. The smallest absolute Gasteiger partial charge is 0.308 e. The Kier molecular flexibility index (Phi) is 5.50. The van der Waals surface area contributed by atoms with Crippen LogP contribution in [0.5, 0.6) is 17.2 Å². The van der Waals surface area contributed by atoms with Crippen molar-refractivity contribution in [1.82, 2.24) is 10.3 Å². The van der Waals surface area contributed by atoms with Crippen molar-refractivity contribution >= 4 is 23.8 Å². The van der Waals surface area contributed by atoms with Gasteiger partial charge in [-0.2, -0.15) is 5.10 Å². The molecule has 0 aliphatic carbocycles. The van der Waals surface area contributed by atoms with Crippen molar-refractivity contribution in [2.24, 2.45) is 15.9 Å². The molecular formula is C14H16N6O5. The minimum Gasteiger partial charge on any atom is -0.493 e. The van der Waals surface area contributed by atoms with Crippen molar-refractivity contribution in [3.05, 3.63) is 23.4 Å². The van der Waals surface area contributed by atoms with Gasteiger partial charge in [-0.3, -0.25) is 4.79 Å². The molecule has 0 radical (unpaired) electrons. The van der Waals surface area contributed by atoms with E-state index in [4.69, 9.17) is 25.7 Å². The van der Waals surface area contributed by atoms with E-state index < -0.39 is 5.97 Å². The van der Waals surface area contributed by atoms with Crippen LogP contribution in [-0.2, 0) is 4.79 Å². The van der Waals surface area contributed by atoms with E-state index in [1.54, 1.807) is 12.1 Å². The molecule has 1 aromatic carbocycles. The van der Waals surface area contributed by atoms with E-state index in [-0.39, 0.29) is 34.6 Å². The van der Waals surface area contributed by atoms with Crippen molar-refractivity contribution in [3.8, 4) is 17.2 Å². The number of amidine groups is 1. The van der Waals surface area contributed by atoms with Gasteiger partial charge in [0, 0.05) is 12.5 Å². The van der Waals surface area contributed by atoms with Gasteiger partial charge in [-0.25, -0.2) is 4.63 Å². The first-order chi connectivity index (χ1) is 12.0. The van der Waals surface area contributed by atoms with Crippen LogP contribution in [0.2, 0.25) is 0 Å². The first-order valence-electron chi connectivity index (χ1n) is 6.85. The number of nitrogens with two attached hydrogens (primary N) is 2. The molecule has 0 bridgehead atoms. The average molecular weight is 348 g/mol. The van der Waals surface area contributed by atoms with Gasteiger partial charge in [0.05, 0.1) is 20.4 Å². The van der Waals surface area contributed by atoms with Gasteiger partial charge in [0.2, 0.25) is 5.75 Å². The molecule has 11 nitrogen and oxygen atoms in total. The maximum atomic E-state index is 11.2. The molecule has 2 rings (SSSR count). The molecule has 0 atom stereocenters. The molecule has 0 fully saturated rings. The first-order valence-corrected chi connectivity index (χ1v) is 6.85. The highest BCUT2D eigenvalue weighted by Crippen LogP contribution is 2.38. The number of aromatic nitrogens is 2. The van der Waals surface area contributed by atoms with E-state index in [0.29, 0.717) is 5.56 Å². The van der Waals surface area contributed by atoms with Crippen molar-refractivity contribution < 1.29 is 23.6 Å². The van der Waals surface area contributed by atoms with E-state index in [2.05, 4.69) is 25.1 Å². The molecule has 1 heterocycles. The normalized spacial score (nSPS) is 11.6. The predicted molar refractivity (Wildman–Crippen MR) is 87.9 cm³/mol. The lowest BCUT2D eigenvalue weighted by molar-refractivity contribution is -0.132. The first kappa shape index (κ1) is 17.7. The number of nitrogens with zero attached hydrogens (tertiary/aromatic N) is 4. The number of carbonyl (C=O) groups is 1. The summed E-state index contributed by atoms with van der Waals surface area (Å²) in [5.41, 5.74) is 11.8. The number of benzene rings is 1. The second-order valence-corrected chi connectivity index (χ2v) is 4.58. The van der Waals surface area contributed by atoms with Crippen LogP contribution in [-0.4, -0.2) is 42.6 Å². The molecule has 2 aromatic rings. The molecule has 0 spiro atoms. The van der Waals surface area contributed by atoms with Crippen LogP contribution in [0.25, 0.3) is 0 Å². The molecule has 0 saturated heterocycles. The Balaban J connectivity index is 2.30. The third kappa shape index (κ3) is 4.22. The van der Waals surface area contributed by atoms with Crippen molar-refractivity contribution in [2.75, 3.05) is 20.0 Å². The summed E-state index contributed by atoms with van der Waals surface area (Å²) in [6.45, 7) is 1.27.